The van der Waals surface area contributed by atoms with E-state index in [1.54, 1.807) is 27.7 Å². The van der Waals surface area contributed by atoms with Crippen molar-refractivity contribution in [1.29, 1.82) is 0 Å². The predicted molar refractivity (Wildman–Crippen MR) is 90.1 cm³/mol. The lowest BCUT2D eigenvalue weighted by Gasteiger charge is -2.34. The lowest BCUT2D eigenvalue weighted by molar-refractivity contribution is -0.186. The number of amides is 1. The van der Waals surface area contributed by atoms with Crippen LogP contribution >= 0.6 is 6.34 Å². The molecule has 0 bridgehead atoms. The van der Waals surface area contributed by atoms with E-state index in [-0.39, 0.29) is 18.7 Å². The second-order valence-electron chi connectivity index (χ2n) is 5.75. The van der Waals surface area contributed by atoms with Gasteiger partial charge in [0.2, 0.25) is 0 Å². The molecule has 6 nitrogen and oxygen atoms in total. The summed E-state index contributed by atoms with van der Waals surface area (Å²) in [4.78, 5) is 23.6. The Kier molecular flexibility index (Phi) is 9.41. The summed E-state index contributed by atoms with van der Waals surface area (Å²) in [5, 5.41) is 6.06. The van der Waals surface area contributed by atoms with Crippen LogP contribution in [0.1, 0.15) is 34.6 Å². The molecule has 24 heavy (non-hydrogen) atoms. The number of ether oxygens (including phenoxy) is 1. The summed E-state index contributed by atoms with van der Waals surface area (Å²) in [6.07, 6.45) is -8.27. The van der Waals surface area contributed by atoms with Crippen LogP contribution in [0.5, 0.6) is 0 Å². The van der Waals surface area contributed by atoms with Crippen molar-refractivity contribution >= 4 is 30.0 Å². The Hall–Kier alpha value is -0.700. The Morgan fingerprint density at radius 2 is 1.62 bits per heavy atom. The maximum absolute atomic E-state index is 12.8. The number of hydrogen-bond donors (Lipinski definition) is 2. The van der Waals surface area contributed by atoms with Crippen LogP contribution in [0.2, 0.25) is 0 Å². The van der Waals surface area contributed by atoms with Gasteiger partial charge in [0.05, 0.1) is 19.2 Å². The highest BCUT2D eigenvalue weighted by molar-refractivity contribution is 8.12. The van der Waals surface area contributed by atoms with Crippen molar-refractivity contribution in [2.45, 2.75) is 52.9 Å². The van der Waals surface area contributed by atoms with Crippen LogP contribution in [0.15, 0.2) is 0 Å². The number of rotatable bonds is 9. The lowest BCUT2D eigenvalue weighted by atomic mass is 10.4. The highest BCUT2D eigenvalue weighted by Gasteiger charge is 2.44. The summed E-state index contributed by atoms with van der Waals surface area (Å²) in [7, 11) is 0. The Morgan fingerprint density at radius 1 is 1.17 bits per heavy atom. The molecule has 0 aliphatic carbocycles. The molecule has 11 heteroatoms. The van der Waals surface area contributed by atoms with E-state index in [4.69, 9.17) is 11.8 Å². The fraction of sp³-hybridized carbons (Fsp3) is 0.846. The van der Waals surface area contributed by atoms with Crippen molar-refractivity contribution < 1.29 is 27.5 Å². The SMILES string of the molecule is CCOC(=O)CN(CP(=S)(NC(C)C)NC(C)C)C(=O)C(F)(F)F. The molecule has 1 amide bonds. The highest BCUT2D eigenvalue weighted by Crippen LogP contribution is 2.39. The maximum atomic E-state index is 12.8. The van der Waals surface area contributed by atoms with Crippen LogP contribution in [-0.2, 0) is 26.1 Å². The van der Waals surface area contributed by atoms with Crippen LogP contribution in [0.3, 0.4) is 0 Å². The molecule has 0 atom stereocenters. The smallest absolute Gasteiger partial charge is 0.465 e. The fourth-order valence-corrected chi connectivity index (χ4v) is 6.22. The molecule has 0 unspecified atom stereocenters. The van der Waals surface area contributed by atoms with Gasteiger partial charge >= 0.3 is 18.1 Å². The van der Waals surface area contributed by atoms with E-state index in [9.17, 15) is 22.8 Å². The number of carbonyl (C=O) groups excluding carboxylic acids is 2. The van der Waals surface area contributed by atoms with Gasteiger partial charge in [0.25, 0.3) is 0 Å². The Balaban J connectivity index is 5.47. The second kappa shape index (κ2) is 9.70. The van der Waals surface area contributed by atoms with Crippen molar-refractivity contribution in [3.63, 3.8) is 0 Å². The third-order valence-electron chi connectivity index (χ3n) is 2.46. The molecule has 2 N–H and O–H groups in total. The van der Waals surface area contributed by atoms with E-state index in [2.05, 4.69) is 14.9 Å². The molecule has 0 aromatic carbocycles. The van der Waals surface area contributed by atoms with Gasteiger partial charge in [0, 0.05) is 12.1 Å². The van der Waals surface area contributed by atoms with Crippen molar-refractivity contribution in [2.24, 2.45) is 0 Å². The molecule has 142 valence electrons. The molecule has 0 heterocycles. The number of esters is 1. The Labute approximate surface area is 145 Å². The van der Waals surface area contributed by atoms with Gasteiger partial charge in [-0.3, -0.25) is 19.8 Å². The van der Waals surface area contributed by atoms with Crippen LogP contribution in [0.25, 0.3) is 0 Å². The van der Waals surface area contributed by atoms with Gasteiger partial charge in [-0.25, -0.2) is 0 Å². The number of halogens is 3. The first-order valence-corrected chi connectivity index (χ1v) is 10.5. The molecular formula is C13H25F3N3O3PS. The molecule has 0 aliphatic rings. The van der Waals surface area contributed by atoms with Crippen LogP contribution < -0.4 is 10.2 Å². The summed E-state index contributed by atoms with van der Waals surface area (Å²) in [5.74, 6) is -3.02. The molecule has 0 fully saturated rings. The largest absolute Gasteiger partial charge is 0.471 e. The minimum Gasteiger partial charge on any atom is -0.465 e. The molecule has 0 spiro atoms. The maximum Gasteiger partial charge on any atom is 0.471 e. The summed E-state index contributed by atoms with van der Waals surface area (Å²) in [6.45, 7) is 7.92. The summed E-state index contributed by atoms with van der Waals surface area (Å²) >= 11 is 5.47. The van der Waals surface area contributed by atoms with Crippen molar-refractivity contribution in [3.8, 4) is 0 Å². The lowest BCUT2D eigenvalue weighted by Crippen LogP contribution is -2.47. The van der Waals surface area contributed by atoms with E-state index in [1.807, 2.05) is 0 Å². The number of carbonyl (C=O) groups is 2. The van der Waals surface area contributed by atoms with E-state index in [0.29, 0.717) is 4.90 Å². The minimum absolute atomic E-state index is 0.00945. The van der Waals surface area contributed by atoms with Gasteiger partial charge < -0.3 is 9.64 Å². The first-order valence-electron chi connectivity index (χ1n) is 7.47. The van der Waals surface area contributed by atoms with Crippen molar-refractivity contribution in [2.75, 3.05) is 19.4 Å². The monoisotopic (exact) mass is 391 g/mol. The number of alkyl halides is 3. The molecule has 0 aliphatic heterocycles. The van der Waals surface area contributed by atoms with Crippen LogP contribution in [0, 0.1) is 0 Å². The summed E-state index contributed by atoms with van der Waals surface area (Å²) in [5.41, 5.74) is 0. The number of nitrogens with one attached hydrogen (secondary N) is 2. The van der Waals surface area contributed by atoms with Crippen molar-refractivity contribution in [1.82, 2.24) is 15.1 Å². The second-order valence-corrected chi connectivity index (χ2v) is 9.90. The third kappa shape index (κ3) is 8.96. The summed E-state index contributed by atoms with van der Waals surface area (Å²) in [6, 6.07) is -0.208. The van der Waals surface area contributed by atoms with Gasteiger partial charge in [-0.2, -0.15) is 13.2 Å². The van der Waals surface area contributed by atoms with E-state index in [0.717, 1.165) is 0 Å². The summed E-state index contributed by atoms with van der Waals surface area (Å²) < 4.78 is 43.1. The van der Waals surface area contributed by atoms with Crippen LogP contribution in [0.4, 0.5) is 13.2 Å². The quantitative estimate of drug-likeness (QED) is 0.464. The van der Waals surface area contributed by atoms with Gasteiger partial charge in [-0.05, 0) is 34.6 Å². The van der Waals surface area contributed by atoms with Crippen molar-refractivity contribution in [3.05, 3.63) is 0 Å². The normalized spacial score (nSPS) is 12.6. The molecular weight excluding hydrogens is 366 g/mol. The van der Waals surface area contributed by atoms with E-state index in [1.165, 1.54) is 6.92 Å². The fourth-order valence-electron chi connectivity index (χ4n) is 1.92. The van der Waals surface area contributed by atoms with E-state index < -0.39 is 37.2 Å². The highest BCUT2D eigenvalue weighted by atomic mass is 32.4. The van der Waals surface area contributed by atoms with Gasteiger partial charge in [0.15, 0.2) is 0 Å². The Morgan fingerprint density at radius 3 is 1.96 bits per heavy atom. The van der Waals surface area contributed by atoms with Gasteiger partial charge in [-0.15, -0.1) is 0 Å². The molecule has 0 rings (SSSR count). The number of nitrogens with zero attached hydrogens (tertiary/aromatic N) is 1. The first-order chi connectivity index (χ1) is 10.8. The molecule has 0 aromatic rings. The minimum atomic E-state index is -5.09. The zero-order valence-corrected chi connectivity index (χ0v) is 16.1. The molecule has 0 radical (unpaired) electrons. The zero-order valence-electron chi connectivity index (χ0n) is 14.4. The molecule has 0 saturated heterocycles. The predicted octanol–water partition coefficient (Wildman–Crippen LogP) is 2.20. The zero-order chi connectivity index (χ0) is 19.1. The third-order valence-corrected chi connectivity index (χ3v) is 6.04. The average Bonchev–Trinajstić information content (AvgIpc) is 2.33. The topological polar surface area (TPSA) is 70.7 Å². The standard InChI is InChI=1S/C13H25F3N3O3PS/c1-6-22-11(20)7-19(12(21)13(14,15)16)8-23(24,17-9(2)3)18-10(4)5/h9-10H,6-8H2,1-5H3,(H2,17,18,24). The van der Waals surface area contributed by atoms with E-state index >= 15 is 0 Å². The van der Waals surface area contributed by atoms with Crippen LogP contribution in [-0.4, -0.2) is 54.5 Å². The first kappa shape index (κ1) is 23.3. The Bertz CT molecular complexity index is 473. The van der Waals surface area contributed by atoms with Gasteiger partial charge in [-0.1, -0.05) is 11.8 Å². The molecule has 0 aromatic heterocycles. The van der Waals surface area contributed by atoms with Gasteiger partial charge in [0.1, 0.15) is 6.54 Å². The molecule has 0 saturated carbocycles. The average molecular weight is 391 g/mol. The number of hydrogen-bond acceptors (Lipinski definition) is 4.